The fraction of sp³-hybridized carbons (Fsp3) is 0.500. The monoisotopic (exact) mass is 261 g/mol. The van der Waals surface area contributed by atoms with E-state index in [4.69, 9.17) is 10.5 Å². The summed E-state index contributed by atoms with van der Waals surface area (Å²) in [6.45, 7) is 2.10. The molecule has 1 fully saturated rings. The number of anilines is 2. The van der Waals surface area contributed by atoms with Gasteiger partial charge in [-0.2, -0.15) is 0 Å². The molecule has 0 radical (unpaired) electrons. The van der Waals surface area contributed by atoms with E-state index >= 15 is 0 Å². The molecule has 5 heteroatoms. The number of amides is 1. The first-order chi connectivity index (χ1) is 9.11. The number of hydrogen-bond acceptors (Lipinski definition) is 4. The van der Waals surface area contributed by atoms with Crippen LogP contribution >= 0.6 is 0 Å². The highest BCUT2D eigenvalue weighted by Gasteiger charge is 2.22. The Morgan fingerprint density at radius 2 is 2.11 bits per heavy atom. The number of piperidine rings is 1. The van der Waals surface area contributed by atoms with Gasteiger partial charge in [0.25, 0.3) is 0 Å². The molecular weight excluding hydrogens is 242 g/mol. The molecule has 3 N–H and O–H groups in total. The van der Waals surface area contributed by atoms with Crippen LogP contribution in [0.2, 0.25) is 0 Å². The smallest absolute Gasteiger partial charge is 0.228 e. The lowest BCUT2D eigenvalue weighted by Crippen LogP contribution is -2.35. The van der Waals surface area contributed by atoms with Crippen molar-refractivity contribution in [2.75, 3.05) is 31.2 Å². The molecular formula is C14H19N3O2. The number of carbonyl (C=O) groups is 1. The van der Waals surface area contributed by atoms with Gasteiger partial charge in [0.05, 0.1) is 12.1 Å². The maximum atomic E-state index is 11.4. The lowest BCUT2D eigenvalue weighted by Gasteiger charge is -2.29. The van der Waals surface area contributed by atoms with Crippen LogP contribution in [-0.4, -0.2) is 37.0 Å². The molecule has 1 amide bonds. The zero-order valence-electron chi connectivity index (χ0n) is 11.1. The summed E-state index contributed by atoms with van der Waals surface area (Å²) in [6.07, 6.45) is 2.65. The van der Waals surface area contributed by atoms with Crippen molar-refractivity contribution in [1.29, 1.82) is 0 Å². The van der Waals surface area contributed by atoms with Crippen LogP contribution in [0.3, 0.4) is 0 Å². The second-order valence-electron chi connectivity index (χ2n) is 5.39. The van der Waals surface area contributed by atoms with Gasteiger partial charge >= 0.3 is 0 Å². The minimum atomic E-state index is 0.0193. The summed E-state index contributed by atoms with van der Waals surface area (Å²) in [4.78, 5) is 13.6. The van der Waals surface area contributed by atoms with E-state index < -0.39 is 0 Å². The Morgan fingerprint density at radius 3 is 2.84 bits per heavy atom. The van der Waals surface area contributed by atoms with Crippen molar-refractivity contribution < 1.29 is 9.53 Å². The van der Waals surface area contributed by atoms with Crippen molar-refractivity contribution in [2.24, 2.45) is 0 Å². The molecule has 19 heavy (non-hydrogen) atoms. The van der Waals surface area contributed by atoms with E-state index in [0.29, 0.717) is 17.9 Å². The van der Waals surface area contributed by atoms with E-state index in [1.165, 1.54) is 0 Å². The molecule has 0 spiro atoms. The number of rotatable bonds is 2. The molecule has 2 heterocycles. The first kappa shape index (κ1) is 12.3. The molecule has 1 aromatic carbocycles. The van der Waals surface area contributed by atoms with E-state index in [9.17, 15) is 4.79 Å². The van der Waals surface area contributed by atoms with Crippen molar-refractivity contribution in [1.82, 2.24) is 4.90 Å². The van der Waals surface area contributed by atoms with Crippen LogP contribution in [0, 0.1) is 0 Å². The Balaban J connectivity index is 1.75. The van der Waals surface area contributed by atoms with Gasteiger partial charge in [-0.05, 0) is 31.5 Å². The number of benzene rings is 1. The van der Waals surface area contributed by atoms with Crippen molar-refractivity contribution in [3.05, 3.63) is 17.7 Å². The number of likely N-dealkylation sites (tertiary alicyclic amines) is 1. The van der Waals surface area contributed by atoms with Gasteiger partial charge in [-0.1, -0.05) is 0 Å². The summed E-state index contributed by atoms with van der Waals surface area (Å²) in [5, 5.41) is 2.83. The minimum Gasteiger partial charge on any atom is -0.488 e. The summed E-state index contributed by atoms with van der Waals surface area (Å²) in [7, 11) is 2.12. The quantitative estimate of drug-likeness (QED) is 0.786. The fourth-order valence-corrected chi connectivity index (χ4v) is 2.66. The van der Waals surface area contributed by atoms with Crippen molar-refractivity contribution in [2.45, 2.75) is 25.4 Å². The third-order valence-electron chi connectivity index (χ3n) is 3.82. The SMILES string of the molecule is CN1CCC(Oc2cc3c(cc2N)CC(=O)N3)CC1. The molecule has 3 rings (SSSR count). The molecule has 2 aliphatic heterocycles. The normalized spacial score (nSPS) is 20.2. The predicted octanol–water partition coefficient (Wildman–Crippen LogP) is 1.24. The van der Waals surface area contributed by atoms with Crippen LogP contribution in [-0.2, 0) is 11.2 Å². The molecule has 0 saturated carbocycles. The van der Waals surface area contributed by atoms with E-state index in [1.807, 2.05) is 12.1 Å². The average Bonchev–Trinajstić information content (AvgIpc) is 2.72. The van der Waals surface area contributed by atoms with E-state index in [0.717, 1.165) is 37.2 Å². The fourth-order valence-electron chi connectivity index (χ4n) is 2.66. The first-order valence-electron chi connectivity index (χ1n) is 6.69. The van der Waals surface area contributed by atoms with Gasteiger partial charge in [-0.25, -0.2) is 0 Å². The number of nitrogens with zero attached hydrogens (tertiary/aromatic N) is 1. The molecule has 1 saturated heterocycles. The maximum absolute atomic E-state index is 11.4. The zero-order valence-corrected chi connectivity index (χ0v) is 11.1. The third-order valence-corrected chi connectivity index (χ3v) is 3.82. The Kier molecular flexibility index (Phi) is 3.06. The number of nitrogens with two attached hydrogens (primary N) is 1. The average molecular weight is 261 g/mol. The Bertz CT molecular complexity index is 508. The van der Waals surface area contributed by atoms with Gasteiger partial charge in [0, 0.05) is 24.8 Å². The summed E-state index contributed by atoms with van der Waals surface area (Å²) in [5.41, 5.74) is 8.42. The largest absolute Gasteiger partial charge is 0.488 e. The standard InChI is InChI=1S/C14H19N3O2/c1-17-4-2-10(3-5-17)19-13-8-12-9(6-11(13)15)7-14(18)16-12/h6,8,10H,2-5,7,15H2,1H3,(H,16,18). The lowest BCUT2D eigenvalue weighted by molar-refractivity contribution is -0.115. The Labute approximate surface area is 112 Å². The van der Waals surface area contributed by atoms with Gasteiger partial charge in [0.1, 0.15) is 11.9 Å². The van der Waals surface area contributed by atoms with Gasteiger partial charge in [-0.15, -0.1) is 0 Å². The van der Waals surface area contributed by atoms with E-state index in [2.05, 4.69) is 17.3 Å². The molecule has 5 nitrogen and oxygen atoms in total. The van der Waals surface area contributed by atoms with Crippen molar-refractivity contribution in [3.8, 4) is 5.75 Å². The molecule has 0 bridgehead atoms. The van der Waals surface area contributed by atoms with Gasteiger partial charge in [0.2, 0.25) is 5.91 Å². The predicted molar refractivity (Wildman–Crippen MR) is 74.3 cm³/mol. The highest BCUT2D eigenvalue weighted by Crippen LogP contribution is 2.34. The van der Waals surface area contributed by atoms with Gasteiger partial charge in [-0.3, -0.25) is 4.79 Å². The maximum Gasteiger partial charge on any atom is 0.228 e. The molecule has 2 aliphatic rings. The molecule has 0 aromatic heterocycles. The highest BCUT2D eigenvalue weighted by atomic mass is 16.5. The van der Waals surface area contributed by atoms with Crippen LogP contribution < -0.4 is 15.8 Å². The minimum absolute atomic E-state index is 0.0193. The number of nitrogens with one attached hydrogen (secondary N) is 1. The lowest BCUT2D eigenvalue weighted by atomic mass is 10.1. The summed E-state index contributed by atoms with van der Waals surface area (Å²) < 4.78 is 5.99. The van der Waals surface area contributed by atoms with Crippen LogP contribution in [0.25, 0.3) is 0 Å². The molecule has 0 aliphatic carbocycles. The van der Waals surface area contributed by atoms with Crippen molar-refractivity contribution >= 4 is 17.3 Å². The van der Waals surface area contributed by atoms with Gasteiger partial charge in [0.15, 0.2) is 0 Å². The number of nitrogen functional groups attached to an aromatic ring is 1. The van der Waals surface area contributed by atoms with Crippen LogP contribution in [0.15, 0.2) is 12.1 Å². The summed E-state index contributed by atoms with van der Waals surface area (Å²) >= 11 is 0. The third kappa shape index (κ3) is 2.51. The van der Waals surface area contributed by atoms with Crippen LogP contribution in [0.4, 0.5) is 11.4 Å². The molecule has 102 valence electrons. The number of carbonyl (C=O) groups excluding carboxylic acids is 1. The highest BCUT2D eigenvalue weighted by molar-refractivity contribution is 6.00. The zero-order chi connectivity index (χ0) is 13.4. The molecule has 0 unspecified atom stereocenters. The number of ether oxygens (including phenoxy) is 1. The topological polar surface area (TPSA) is 67.6 Å². The summed E-state index contributed by atoms with van der Waals surface area (Å²) in [6, 6.07) is 3.70. The Hall–Kier alpha value is -1.75. The number of fused-ring (bicyclic) bond motifs is 1. The summed E-state index contributed by atoms with van der Waals surface area (Å²) in [5.74, 6) is 0.710. The van der Waals surface area contributed by atoms with E-state index in [-0.39, 0.29) is 12.0 Å². The Morgan fingerprint density at radius 1 is 1.37 bits per heavy atom. The first-order valence-corrected chi connectivity index (χ1v) is 6.69. The molecule has 0 atom stereocenters. The number of hydrogen-bond donors (Lipinski definition) is 2. The van der Waals surface area contributed by atoms with Crippen LogP contribution in [0.5, 0.6) is 5.75 Å². The van der Waals surface area contributed by atoms with E-state index in [1.54, 1.807) is 0 Å². The molecule has 1 aromatic rings. The second-order valence-corrected chi connectivity index (χ2v) is 5.39. The van der Waals surface area contributed by atoms with Crippen LogP contribution in [0.1, 0.15) is 18.4 Å². The van der Waals surface area contributed by atoms with Crippen molar-refractivity contribution in [3.63, 3.8) is 0 Å². The van der Waals surface area contributed by atoms with Gasteiger partial charge < -0.3 is 20.7 Å². The second kappa shape index (κ2) is 4.74.